The van der Waals surface area contributed by atoms with Crippen LogP contribution < -0.4 is 4.90 Å². The van der Waals surface area contributed by atoms with Gasteiger partial charge < -0.3 is 0 Å². The summed E-state index contributed by atoms with van der Waals surface area (Å²) < 4.78 is 13.6. The van der Waals surface area contributed by atoms with Crippen molar-refractivity contribution in [2.24, 2.45) is 0 Å². The van der Waals surface area contributed by atoms with Crippen molar-refractivity contribution in [2.75, 3.05) is 4.90 Å². The van der Waals surface area contributed by atoms with Gasteiger partial charge in [-0.25, -0.2) is 24.4 Å². The number of nitrogens with one attached hydrogen (secondary N) is 1. The number of halogens is 2. The average molecular weight is 435 g/mol. The van der Waals surface area contributed by atoms with Crippen LogP contribution in [-0.4, -0.2) is 31.1 Å². The lowest BCUT2D eigenvalue weighted by Crippen LogP contribution is -2.38. The predicted molar refractivity (Wildman–Crippen MR) is 113 cm³/mol. The molecule has 0 spiro atoms. The van der Waals surface area contributed by atoms with E-state index in [1.54, 1.807) is 24.5 Å². The second-order valence-electron chi connectivity index (χ2n) is 7.57. The number of carbonyl (C=O) groups is 1. The average Bonchev–Trinajstić information content (AvgIpc) is 3.37. The molecule has 0 fully saturated rings. The Bertz CT molecular complexity index is 1280. The first-order valence-electron chi connectivity index (χ1n) is 9.51. The topological polar surface area (TPSA) is 87.7 Å². The van der Waals surface area contributed by atoms with Gasteiger partial charge in [0.2, 0.25) is 11.9 Å². The third-order valence-electron chi connectivity index (χ3n) is 5.55. The van der Waals surface area contributed by atoms with Gasteiger partial charge in [-0.3, -0.25) is 4.79 Å². The minimum Gasteiger partial charge on any atom is -0.273 e. The zero-order chi connectivity index (χ0) is 21.6. The van der Waals surface area contributed by atoms with Crippen molar-refractivity contribution >= 4 is 29.1 Å². The third kappa shape index (κ3) is 3.16. The van der Waals surface area contributed by atoms with Crippen molar-refractivity contribution in [3.63, 3.8) is 0 Å². The number of nitrogens with zero attached hydrogens (tertiary/aromatic N) is 5. The fourth-order valence-corrected chi connectivity index (χ4v) is 4.20. The van der Waals surface area contributed by atoms with E-state index in [9.17, 15) is 9.18 Å². The number of amides is 1. The molecule has 2 aromatic heterocycles. The molecule has 5 rings (SSSR count). The van der Waals surface area contributed by atoms with Crippen LogP contribution >= 0.6 is 11.6 Å². The Balaban J connectivity index is 1.67. The summed E-state index contributed by atoms with van der Waals surface area (Å²) in [4.78, 5) is 27.5. The molecule has 0 aliphatic carbocycles. The molecule has 0 bridgehead atoms. The zero-order valence-corrected chi connectivity index (χ0v) is 17.1. The van der Waals surface area contributed by atoms with E-state index in [1.165, 1.54) is 23.6 Å². The predicted octanol–water partition coefficient (Wildman–Crippen LogP) is 4.23. The molecule has 4 aromatic rings. The molecule has 31 heavy (non-hydrogen) atoms. The molecule has 1 aliphatic rings. The molecular weight excluding hydrogens is 419 g/mol. The van der Waals surface area contributed by atoms with Crippen molar-refractivity contribution < 1.29 is 9.18 Å². The first-order valence-corrected chi connectivity index (χ1v) is 9.89. The number of anilines is 2. The first-order chi connectivity index (χ1) is 15.0. The number of aromatic nitrogens is 5. The molecule has 0 unspecified atom stereocenters. The van der Waals surface area contributed by atoms with Crippen molar-refractivity contribution in [1.29, 1.82) is 0 Å². The fourth-order valence-electron chi connectivity index (χ4n) is 4.02. The summed E-state index contributed by atoms with van der Waals surface area (Å²) in [6.45, 7) is 1.89. The van der Waals surface area contributed by atoms with E-state index < -0.39 is 11.2 Å². The van der Waals surface area contributed by atoms with E-state index in [4.69, 9.17) is 11.6 Å². The highest BCUT2D eigenvalue weighted by Crippen LogP contribution is 2.47. The standard InChI is InChI=1S/C22H16ClFN6O/c1-22(8-13-9-25-11-26-10-13)16-6-14(15-2-4-18(24)17(23)7-15)3-5-19(16)30(20(22)31)21-27-12-28-29-21/h2-7,9-12H,8H2,1H3,(H,27,28,29)/t22-/m1/s1. The van der Waals surface area contributed by atoms with Crippen LogP contribution in [0.5, 0.6) is 0 Å². The summed E-state index contributed by atoms with van der Waals surface area (Å²) in [5.41, 5.74) is 3.04. The molecule has 0 radical (unpaired) electrons. The smallest absolute Gasteiger partial charge is 0.244 e. The molecule has 1 N–H and O–H groups in total. The number of rotatable bonds is 4. The molecule has 1 aliphatic heterocycles. The Morgan fingerprint density at radius 3 is 2.55 bits per heavy atom. The van der Waals surface area contributed by atoms with Crippen LogP contribution in [0.3, 0.4) is 0 Å². The number of benzene rings is 2. The van der Waals surface area contributed by atoms with Gasteiger partial charge in [-0.05, 0) is 59.9 Å². The van der Waals surface area contributed by atoms with Crippen LogP contribution in [0.4, 0.5) is 16.0 Å². The quantitative estimate of drug-likeness (QED) is 0.519. The highest BCUT2D eigenvalue weighted by Gasteiger charge is 2.49. The number of aromatic amines is 1. The minimum atomic E-state index is -0.896. The van der Waals surface area contributed by atoms with Gasteiger partial charge in [-0.15, -0.1) is 0 Å². The number of hydrogen-bond donors (Lipinski definition) is 1. The molecule has 2 aromatic carbocycles. The Hall–Kier alpha value is -3.65. The SMILES string of the molecule is C[C@]1(Cc2cncnc2)C(=O)N(c2ncn[nH]2)c2ccc(-c3ccc(F)c(Cl)c3)cc21. The maximum atomic E-state index is 13.7. The van der Waals surface area contributed by atoms with Crippen LogP contribution in [0.2, 0.25) is 5.02 Å². The monoisotopic (exact) mass is 434 g/mol. The van der Waals surface area contributed by atoms with Gasteiger partial charge in [0, 0.05) is 12.4 Å². The lowest BCUT2D eigenvalue weighted by atomic mass is 9.78. The molecule has 154 valence electrons. The van der Waals surface area contributed by atoms with Gasteiger partial charge in [0.1, 0.15) is 18.5 Å². The molecule has 7 nitrogen and oxygen atoms in total. The van der Waals surface area contributed by atoms with E-state index in [0.717, 1.165) is 22.3 Å². The summed E-state index contributed by atoms with van der Waals surface area (Å²) >= 11 is 5.99. The Kier molecular flexibility index (Phi) is 4.51. The van der Waals surface area contributed by atoms with Crippen LogP contribution in [0.25, 0.3) is 11.1 Å². The largest absolute Gasteiger partial charge is 0.273 e. The lowest BCUT2D eigenvalue weighted by Gasteiger charge is -2.23. The second kappa shape index (κ2) is 7.24. The first kappa shape index (κ1) is 19.3. The number of H-pyrrole nitrogens is 1. The Morgan fingerprint density at radius 1 is 1.10 bits per heavy atom. The lowest BCUT2D eigenvalue weighted by molar-refractivity contribution is -0.122. The molecule has 1 atom stereocenters. The van der Waals surface area contributed by atoms with Crippen molar-refractivity contribution in [3.05, 3.63) is 83.4 Å². The van der Waals surface area contributed by atoms with Crippen LogP contribution in [0.1, 0.15) is 18.1 Å². The van der Waals surface area contributed by atoms with Gasteiger partial charge in [0.15, 0.2) is 0 Å². The summed E-state index contributed by atoms with van der Waals surface area (Å²) in [6.07, 6.45) is 6.61. The zero-order valence-electron chi connectivity index (χ0n) is 16.4. The van der Waals surface area contributed by atoms with E-state index >= 15 is 0 Å². The molecule has 1 amide bonds. The summed E-state index contributed by atoms with van der Waals surface area (Å²) in [5.74, 6) is -0.276. The van der Waals surface area contributed by atoms with E-state index in [0.29, 0.717) is 18.1 Å². The normalized spacial score (nSPS) is 17.8. The Morgan fingerprint density at radius 2 is 1.84 bits per heavy atom. The highest BCUT2D eigenvalue weighted by atomic mass is 35.5. The van der Waals surface area contributed by atoms with Gasteiger partial charge in [0.25, 0.3) is 0 Å². The Labute approximate surface area is 182 Å². The molecular formula is C22H16ClFN6O. The van der Waals surface area contributed by atoms with Crippen LogP contribution in [-0.2, 0) is 16.6 Å². The number of hydrogen-bond acceptors (Lipinski definition) is 5. The van der Waals surface area contributed by atoms with E-state index in [1.807, 2.05) is 25.1 Å². The van der Waals surface area contributed by atoms with E-state index in [2.05, 4.69) is 25.1 Å². The highest BCUT2D eigenvalue weighted by molar-refractivity contribution is 6.31. The molecule has 9 heteroatoms. The number of carbonyl (C=O) groups excluding carboxylic acids is 1. The number of fused-ring (bicyclic) bond motifs is 1. The van der Waals surface area contributed by atoms with Gasteiger partial charge in [-0.1, -0.05) is 23.7 Å². The van der Waals surface area contributed by atoms with E-state index in [-0.39, 0.29) is 10.9 Å². The van der Waals surface area contributed by atoms with Gasteiger partial charge in [-0.2, -0.15) is 10.1 Å². The molecule has 0 saturated carbocycles. The van der Waals surface area contributed by atoms with Gasteiger partial charge >= 0.3 is 0 Å². The minimum absolute atomic E-state index is 0.0431. The maximum absolute atomic E-state index is 13.7. The van der Waals surface area contributed by atoms with Crippen molar-refractivity contribution in [2.45, 2.75) is 18.8 Å². The van der Waals surface area contributed by atoms with Gasteiger partial charge in [0.05, 0.1) is 16.1 Å². The van der Waals surface area contributed by atoms with Crippen molar-refractivity contribution in [3.8, 4) is 11.1 Å². The summed E-state index contributed by atoms with van der Waals surface area (Å²) in [7, 11) is 0. The van der Waals surface area contributed by atoms with Crippen LogP contribution in [0.15, 0.2) is 61.4 Å². The fraction of sp³-hybridized carbons (Fsp3) is 0.136. The van der Waals surface area contributed by atoms with Crippen LogP contribution in [0, 0.1) is 5.82 Å². The maximum Gasteiger partial charge on any atom is 0.244 e. The third-order valence-corrected chi connectivity index (χ3v) is 5.84. The summed E-state index contributed by atoms with van der Waals surface area (Å²) in [6, 6.07) is 10.2. The molecule has 0 saturated heterocycles. The summed E-state index contributed by atoms with van der Waals surface area (Å²) in [5, 5.41) is 6.70. The van der Waals surface area contributed by atoms with Crippen molar-refractivity contribution in [1.82, 2.24) is 25.1 Å². The molecule has 3 heterocycles. The second-order valence-corrected chi connectivity index (χ2v) is 7.97.